The fourth-order valence-electron chi connectivity index (χ4n) is 2.33. The molecule has 1 aromatic carbocycles. The lowest BCUT2D eigenvalue weighted by atomic mass is 10.1. The summed E-state index contributed by atoms with van der Waals surface area (Å²) in [7, 11) is 0. The van der Waals surface area contributed by atoms with Gasteiger partial charge in [0.05, 0.1) is 5.69 Å². The van der Waals surface area contributed by atoms with E-state index in [0.717, 1.165) is 29.1 Å². The summed E-state index contributed by atoms with van der Waals surface area (Å²) in [5.74, 6) is 0. The van der Waals surface area contributed by atoms with E-state index in [1.165, 1.54) is 11.1 Å². The van der Waals surface area contributed by atoms with Crippen LogP contribution in [0.2, 0.25) is 0 Å². The van der Waals surface area contributed by atoms with Crippen LogP contribution in [0.25, 0.3) is 5.65 Å². The van der Waals surface area contributed by atoms with E-state index < -0.39 is 0 Å². The second-order valence-corrected chi connectivity index (χ2v) is 5.22. The molecule has 2 aromatic heterocycles. The van der Waals surface area contributed by atoms with Crippen molar-refractivity contribution in [1.29, 1.82) is 0 Å². The van der Waals surface area contributed by atoms with Crippen LogP contribution >= 0.6 is 0 Å². The minimum atomic E-state index is 0.742. The van der Waals surface area contributed by atoms with Gasteiger partial charge in [0.15, 0.2) is 5.65 Å². The number of hydrogen-bond acceptors (Lipinski definition) is 3. The maximum absolute atomic E-state index is 4.41. The molecule has 0 unspecified atom stereocenters. The molecule has 1 N–H and O–H groups in total. The normalized spacial score (nSPS) is 10.9. The predicted molar refractivity (Wildman–Crippen MR) is 81.0 cm³/mol. The van der Waals surface area contributed by atoms with Crippen molar-refractivity contribution in [3.8, 4) is 0 Å². The molecule has 0 aliphatic heterocycles. The summed E-state index contributed by atoms with van der Waals surface area (Å²) in [5.41, 5.74) is 6.68. The number of nitrogens with one attached hydrogen (secondary N) is 1. The fourth-order valence-corrected chi connectivity index (χ4v) is 2.33. The highest BCUT2D eigenvalue weighted by molar-refractivity contribution is 5.52. The summed E-state index contributed by atoms with van der Waals surface area (Å²) in [4.78, 5) is 4.41. The summed E-state index contributed by atoms with van der Waals surface area (Å²) in [6.45, 7) is 6.94. The van der Waals surface area contributed by atoms with Crippen molar-refractivity contribution in [3.63, 3.8) is 0 Å². The van der Waals surface area contributed by atoms with Gasteiger partial charge in [0.2, 0.25) is 0 Å². The van der Waals surface area contributed by atoms with Gasteiger partial charge >= 0.3 is 0 Å². The number of anilines is 1. The van der Waals surface area contributed by atoms with Crippen LogP contribution < -0.4 is 5.32 Å². The van der Waals surface area contributed by atoms with Gasteiger partial charge < -0.3 is 5.32 Å². The Labute approximate surface area is 118 Å². The van der Waals surface area contributed by atoms with Crippen LogP contribution in [-0.4, -0.2) is 14.6 Å². The number of benzene rings is 1. The van der Waals surface area contributed by atoms with E-state index in [0.29, 0.717) is 0 Å². The van der Waals surface area contributed by atoms with E-state index in [9.17, 15) is 0 Å². The zero-order valence-corrected chi connectivity index (χ0v) is 12.0. The van der Waals surface area contributed by atoms with E-state index >= 15 is 0 Å². The minimum Gasteiger partial charge on any atom is -0.381 e. The summed E-state index contributed by atoms with van der Waals surface area (Å²) in [6.07, 6.45) is 3.92. The smallest absolute Gasteiger partial charge is 0.155 e. The second-order valence-electron chi connectivity index (χ2n) is 5.22. The summed E-state index contributed by atoms with van der Waals surface area (Å²) in [6, 6.07) is 8.39. The first-order valence-electron chi connectivity index (χ1n) is 6.74. The van der Waals surface area contributed by atoms with E-state index in [4.69, 9.17) is 0 Å². The van der Waals surface area contributed by atoms with Crippen molar-refractivity contribution in [2.75, 3.05) is 5.32 Å². The molecule has 0 atom stereocenters. The zero-order chi connectivity index (χ0) is 14.1. The van der Waals surface area contributed by atoms with Gasteiger partial charge in [0.1, 0.15) is 0 Å². The molecule has 2 heterocycles. The quantitative estimate of drug-likeness (QED) is 0.791. The lowest BCUT2D eigenvalue weighted by Crippen LogP contribution is -2.03. The molecule has 0 saturated carbocycles. The van der Waals surface area contributed by atoms with Crippen LogP contribution in [-0.2, 0) is 6.54 Å². The van der Waals surface area contributed by atoms with Gasteiger partial charge in [-0.1, -0.05) is 17.7 Å². The van der Waals surface area contributed by atoms with Crippen LogP contribution in [0.5, 0.6) is 0 Å². The van der Waals surface area contributed by atoms with Crippen molar-refractivity contribution in [2.45, 2.75) is 27.3 Å². The predicted octanol–water partition coefficient (Wildman–Crippen LogP) is 3.27. The molecule has 102 valence electrons. The number of rotatable bonds is 3. The Morgan fingerprint density at radius 1 is 1.15 bits per heavy atom. The largest absolute Gasteiger partial charge is 0.381 e. The van der Waals surface area contributed by atoms with Crippen molar-refractivity contribution in [3.05, 3.63) is 59.0 Å². The van der Waals surface area contributed by atoms with Crippen LogP contribution in [0.3, 0.4) is 0 Å². The van der Waals surface area contributed by atoms with Gasteiger partial charge in [-0.15, -0.1) is 0 Å². The zero-order valence-electron chi connectivity index (χ0n) is 12.0. The molecule has 4 heteroatoms. The maximum Gasteiger partial charge on any atom is 0.155 e. The standard InChI is InChI=1S/C16H18N4/c1-11-4-5-15(12(2)6-11)17-8-14-9-18-16-7-13(3)19-20(16)10-14/h4-7,9-10,17H,8H2,1-3H3. The molecule has 0 aliphatic carbocycles. The third kappa shape index (κ3) is 2.50. The minimum absolute atomic E-state index is 0.742. The molecule has 0 saturated heterocycles. The fraction of sp³-hybridized carbons (Fsp3) is 0.250. The van der Waals surface area contributed by atoms with Crippen molar-refractivity contribution in [1.82, 2.24) is 14.6 Å². The van der Waals surface area contributed by atoms with Crippen molar-refractivity contribution < 1.29 is 0 Å². The van der Waals surface area contributed by atoms with Gasteiger partial charge in [-0.2, -0.15) is 5.10 Å². The van der Waals surface area contributed by atoms with Crippen molar-refractivity contribution >= 4 is 11.3 Å². The SMILES string of the molecule is Cc1ccc(NCc2cnc3cc(C)nn3c2)c(C)c1. The molecular formula is C16H18N4. The Hall–Kier alpha value is -2.36. The molecule has 0 fully saturated rings. The van der Waals surface area contributed by atoms with Gasteiger partial charge in [-0.05, 0) is 32.4 Å². The highest BCUT2D eigenvalue weighted by Gasteiger charge is 2.02. The van der Waals surface area contributed by atoms with Crippen molar-refractivity contribution in [2.24, 2.45) is 0 Å². The molecule has 3 rings (SSSR count). The van der Waals surface area contributed by atoms with E-state index in [2.05, 4.69) is 47.4 Å². The first-order valence-corrected chi connectivity index (χ1v) is 6.74. The highest BCUT2D eigenvalue weighted by atomic mass is 15.2. The topological polar surface area (TPSA) is 42.2 Å². The van der Waals surface area contributed by atoms with Crippen LogP contribution in [0.15, 0.2) is 36.7 Å². The maximum atomic E-state index is 4.41. The summed E-state index contributed by atoms with van der Waals surface area (Å²) < 4.78 is 1.83. The third-order valence-corrected chi connectivity index (χ3v) is 3.35. The Morgan fingerprint density at radius 2 is 2.00 bits per heavy atom. The van der Waals surface area contributed by atoms with Crippen LogP contribution in [0.4, 0.5) is 5.69 Å². The molecular weight excluding hydrogens is 248 g/mol. The van der Waals surface area contributed by atoms with E-state index in [1.54, 1.807) is 0 Å². The molecule has 20 heavy (non-hydrogen) atoms. The summed E-state index contributed by atoms with van der Waals surface area (Å²) >= 11 is 0. The molecule has 0 radical (unpaired) electrons. The monoisotopic (exact) mass is 266 g/mol. The Bertz CT molecular complexity index is 758. The molecule has 0 amide bonds. The average molecular weight is 266 g/mol. The average Bonchev–Trinajstić information content (AvgIpc) is 2.77. The second kappa shape index (κ2) is 4.96. The molecule has 3 aromatic rings. The molecule has 0 spiro atoms. The number of aromatic nitrogens is 3. The lowest BCUT2D eigenvalue weighted by Gasteiger charge is -2.10. The number of fused-ring (bicyclic) bond motifs is 1. The van der Waals surface area contributed by atoms with Gasteiger partial charge in [0, 0.05) is 36.3 Å². The third-order valence-electron chi connectivity index (χ3n) is 3.35. The summed E-state index contributed by atoms with van der Waals surface area (Å²) in [5, 5.41) is 7.83. The molecule has 4 nitrogen and oxygen atoms in total. The lowest BCUT2D eigenvalue weighted by molar-refractivity contribution is 0.895. The Morgan fingerprint density at radius 3 is 2.80 bits per heavy atom. The van der Waals surface area contributed by atoms with E-state index in [1.807, 2.05) is 29.9 Å². The van der Waals surface area contributed by atoms with Gasteiger partial charge in [-0.25, -0.2) is 9.50 Å². The first-order chi connectivity index (χ1) is 9.61. The molecule has 0 bridgehead atoms. The molecule has 0 aliphatic rings. The Balaban J connectivity index is 1.79. The number of aryl methyl sites for hydroxylation is 3. The number of hydrogen-bond donors (Lipinski definition) is 1. The number of nitrogens with zero attached hydrogens (tertiary/aromatic N) is 3. The first kappa shape index (κ1) is 12.7. The van der Waals surface area contributed by atoms with Crippen LogP contribution in [0, 0.1) is 20.8 Å². The van der Waals surface area contributed by atoms with Gasteiger partial charge in [0.25, 0.3) is 0 Å². The van der Waals surface area contributed by atoms with E-state index in [-0.39, 0.29) is 0 Å². The van der Waals surface area contributed by atoms with Gasteiger partial charge in [-0.3, -0.25) is 0 Å². The van der Waals surface area contributed by atoms with Crippen LogP contribution in [0.1, 0.15) is 22.4 Å². The Kier molecular flexibility index (Phi) is 3.14. The highest BCUT2D eigenvalue weighted by Crippen LogP contribution is 2.17.